The summed E-state index contributed by atoms with van der Waals surface area (Å²) < 4.78 is 0. The Labute approximate surface area is 162 Å². The van der Waals surface area contributed by atoms with Gasteiger partial charge in [0, 0.05) is 22.6 Å². The number of aromatic amines is 1. The maximum absolute atomic E-state index is 12.6. The fraction of sp³-hybridized carbons (Fsp3) is 0.526. The van der Waals surface area contributed by atoms with Crippen molar-refractivity contribution in [3.8, 4) is 0 Å². The molecule has 1 atom stereocenters. The molecule has 1 saturated carbocycles. The second-order valence-corrected chi connectivity index (χ2v) is 8.52. The molecule has 140 valence electrons. The molecule has 0 radical (unpaired) electrons. The van der Waals surface area contributed by atoms with E-state index < -0.39 is 0 Å². The quantitative estimate of drug-likeness (QED) is 0.555. The number of aromatic nitrogens is 2. The van der Waals surface area contributed by atoms with Crippen LogP contribution in [0.25, 0.3) is 0 Å². The van der Waals surface area contributed by atoms with Crippen LogP contribution in [0.2, 0.25) is 0 Å². The summed E-state index contributed by atoms with van der Waals surface area (Å²) in [5.41, 5.74) is 1.17. The van der Waals surface area contributed by atoms with Gasteiger partial charge in [0.15, 0.2) is 5.16 Å². The third-order valence-electron chi connectivity index (χ3n) is 5.03. The second kappa shape index (κ2) is 8.86. The Kier molecular flexibility index (Phi) is 6.53. The smallest absolute Gasteiger partial charge is 0.254 e. The van der Waals surface area contributed by atoms with Crippen molar-refractivity contribution in [3.05, 3.63) is 44.0 Å². The number of amides is 1. The van der Waals surface area contributed by atoms with Gasteiger partial charge in [0.05, 0.1) is 6.04 Å². The highest BCUT2D eigenvalue weighted by Crippen LogP contribution is 2.37. The Morgan fingerprint density at radius 3 is 2.85 bits per heavy atom. The summed E-state index contributed by atoms with van der Waals surface area (Å²) in [6.45, 7) is 1.83. The van der Waals surface area contributed by atoms with Crippen LogP contribution in [0, 0.1) is 12.8 Å². The Bertz CT molecular complexity index is 796. The number of carbonyl (C=O) groups is 1. The summed E-state index contributed by atoms with van der Waals surface area (Å²) in [4.78, 5) is 33.2. The molecule has 0 spiro atoms. The molecule has 2 aromatic rings. The summed E-state index contributed by atoms with van der Waals surface area (Å²) in [6, 6.07) is 4.24. The molecule has 0 aromatic carbocycles. The van der Waals surface area contributed by atoms with Crippen molar-refractivity contribution in [2.24, 2.45) is 5.92 Å². The number of thiophene rings is 1. The molecule has 3 rings (SSSR count). The molecule has 5 nitrogen and oxygen atoms in total. The fourth-order valence-corrected chi connectivity index (χ4v) is 4.93. The molecule has 2 N–H and O–H groups in total. The van der Waals surface area contributed by atoms with Gasteiger partial charge in [0.2, 0.25) is 5.91 Å². The minimum absolute atomic E-state index is 0.00282. The van der Waals surface area contributed by atoms with Crippen LogP contribution >= 0.6 is 23.1 Å². The number of hydrogen-bond acceptors (Lipinski definition) is 5. The molecule has 2 aromatic heterocycles. The number of hydrogen-bond donors (Lipinski definition) is 2. The van der Waals surface area contributed by atoms with Gasteiger partial charge in [-0.25, -0.2) is 4.98 Å². The molecule has 1 fully saturated rings. The van der Waals surface area contributed by atoms with Crippen LogP contribution in [-0.4, -0.2) is 22.1 Å². The van der Waals surface area contributed by atoms with Gasteiger partial charge in [-0.15, -0.1) is 11.3 Å². The topological polar surface area (TPSA) is 74.8 Å². The summed E-state index contributed by atoms with van der Waals surface area (Å²) in [7, 11) is 0. The lowest BCUT2D eigenvalue weighted by molar-refractivity contribution is -0.122. The van der Waals surface area contributed by atoms with Gasteiger partial charge in [0.1, 0.15) is 0 Å². The molecule has 1 amide bonds. The summed E-state index contributed by atoms with van der Waals surface area (Å²) in [5, 5.41) is 5.90. The molecule has 2 heterocycles. The van der Waals surface area contributed by atoms with E-state index in [4.69, 9.17) is 0 Å². The number of thioether (sulfide) groups is 1. The first-order valence-corrected chi connectivity index (χ1v) is 11.2. The lowest BCUT2D eigenvalue weighted by Gasteiger charge is -2.24. The number of aryl methyl sites for hydroxylation is 1. The van der Waals surface area contributed by atoms with Crippen molar-refractivity contribution in [1.82, 2.24) is 15.3 Å². The largest absolute Gasteiger partial charge is 0.348 e. The van der Waals surface area contributed by atoms with Gasteiger partial charge >= 0.3 is 0 Å². The first-order valence-electron chi connectivity index (χ1n) is 9.05. The van der Waals surface area contributed by atoms with Crippen molar-refractivity contribution in [1.29, 1.82) is 0 Å². The average molecular weight is 392 g/mol. The fourth-order valence-electron chi connectivity index (χ4n) is 3.64. The van der Waals surface area contributed by atoms with Gasteiger partial charge < -0.3 is 10.3 Å². The van der Waals surface area contributed by atoms with Crippen LogP contribution in [0.5, 0.6) is 0 Å². The predicted octanol–water partition coefficient (Wildman–Crippen LogP) is 3.84. The summed E-state index contributed by atoms with van der Waals surface area (Å²) in [6.07, 6.45) is 7.41. The van der Waals surface area contributed by atoms with Crippen molar-refractivity contribution in [2.45, 2.75) is 56.6 Å². The lowest BCUT2D eigenvalue weighted by Crippen LogP contribution is -2.32. The van der Waals surface area contributed by atoms with Gasteiger partial charge in [-0.3, -0.25) is 9.59 Å². The Morgan fingerprint density at radius 2 is 2.23 bits per heavy atom. The molecule has 0 aliphatic heterocycles. The zero-order valence-electron chi connectivity index (χ0n) is 15.2. The number of H-pyrrole nitrogens is 1. The molecule has 0 unspecified atom stereocenters. The highest BCUT2D eigenvalue weighted by molar-refractivity contribution is 7.98. The molecule has 7 heteroatoms. The van der Waals surface area contributed by atoms with E-state index in [9.17, 15) is 9.59 Å². The highest BCUT2D eigenvalue weighted by Gasteiger charge is 2.28. The normalized spacial score (nSPS) is 15.9. The summed E-state index contributed by atoms with van der Waals surface area (Å²) in [5.74, 6) is 0.522. The van der Waals surface area contributed by atoms with Gasteiger partial charge in [-0.05, 0) is 49.8 Å². The number of nitrogens with zero attached hydrogens (tertiary/aromatic N) is 1. The van der Waals surface area contributed by atoms with Crippen LogP contribution in [0.4, 0.5) is 0 Å². The van der Waals surface area contributed by atoms with Gasteiger partial charge in [0.25, 0.3) is 5.56 Å². The van der Waals surface area contributed by atoms with E-state index in [0.717, 1.165) is 0 Å². The van der Waals surface area contributed by atoms with Crippen LogP contribution in [-0.2, 0) is 11.2 Å². The molecule has 0 bridgehead atoms. The predicted molar refractivity (Wildman–Crippen MR) is 107 cm³/mol. The monoisotopic (exact) mass is 391 g/mol. The van der Waals surface area contributed by atoms with E-state index in [1.165, 1.54) is 42.3 Å². The van der Waals surface area contributed by atoms with E-state index in [1.807, 2.05) is 19.2 Å². The van der Waals surface area contributed by atoms with E-state index in [-0.39, 0.29) is 17.5 Å². The number of carbonyl (C=O) groups excluding carboxylic acids is 1. The first-order chi connectivity index (χ1) is 12.6. The van der Waals surface area contributed by atoms with Gasteiger partial charge in [-0.2, -0.15) is 0 Å². The zero-order valence-corrected chi connectivity index (χ0v) is 16.8. The Balaban J connectivity index is 1.65. The van der Waals surface area contributed by atoms with Crippen LogP contribution in [0.3, 0.4) is 0 Å². The standard InChI is InChI=1S/C19H25N3O2S2/c1-12-14(18(24)22-19(20-12)25-2)9-10-16(23)21-17(13-6-3-4-7-13)15-8-5-11-26-15/h5,8,11,13,17H,3-4,6-7,9-10H2,1-2H3,(H,21,23)(H,20,22,24)/t17-/m1/s1. The van der Waals surface area contributed by atoms with Crippen LogP contribution < -0.4 is 10.9 Å². The van der Waals surface area contributed by atoms with E-state index in [2.05, 4.69) is 26.7 Å². The molecule has 26 heavy (non-hydrogen) atoms. The number of rotatable bonds is 7. The van der Waals surface area contributed by atoms with Crippen molar-refractivity contribution < 1.29 is 4.79 Å². The maximum Gasteiger partial charge on any atom is 0.254 e. The molecular weight excluding hydrogens is 366 g/mol. The molecule has 1 aliphatic carbocycles. The third kappa shape index (κ3) is 4.57. The van der Waals surface area contributed by atoms with Crippen molar-refractivity contribution in [3.63, 3.8) is 0 Å². The molecule has 1 aliphatic rings. The minimum atomic E-state index is -0.139. The van der Waals surface area contributed by atoms with E-state index in [0.29, 0.717) is 35.2 Å². The third-order valence-corrected chi connectivity index (χ3v) is 6.57. The van der Waals surface area contributed by atoms with Gasteiger partial charge in [-0.1, -0.05) is 30.7 Å². The number of nitrogens with one attached hydrogen (secondary N) is 2. The summed E-state index contributed by atoms with van der Waals surface area (Å²) >= 11 is 3.11. The van der Waals surface area contributed by atoms with E-state index in [1.54, 1.807) is 11.3 Å². The molecular formula is C19H25N3O2S2. The lowest BCUT2D eigenvalue weighted by atomic mass is 9.96. The Hall–Kier alpha value is -1.60. The minimum Gasteiger partial charge on any atom is -0.348 e. The van der Waals surface area contributed by atoms with E-state index >= 15 is 0 Å². The average Bonchev–Trinajstić information content (AvgIpc) is 3.32. The first kappa shape index (κ1) is 19.2. The van der Waals surface area contributed by atoms with Crippen molar-refractivity contribution >= 4 is 29.0 Å². The molecule has 0 saturated heterocycles. The Morgan fingerprint density at radius 1 is 1.46 bits per heavy atom. The second-order valence-electron chi connectivity index (χ2n) is 6.74. The maximum atomic E-state index is 12.6. The van der Waals surface area contributed by atoms with Crippen LogP contribution in [0.15, 0.2) is 27.5 Å². The van der Waals surface area contributed by atoms with Crippen LogP contribution in [0.1, 0.15) is 54.3 Å². The van der Waals surface area contributed by atoms with Crippen molar-refractivity contribution in [2.75, 3.05) is 6.26 Å². The SMILES string of the molecule is CSc1nc(C)c(CCC(=O)N[C@@H](c2cccs2)C2CCCC2)c(=O)[nH]1. The zero-order chi connectivity index (χ0) is 18.5. The highest BCUT2D eigenvalue weighted by atomic mass is 32.2.